The van der Waals surface area contributed by atoms with E-state index in [1.54, 1.807) is 12.4 Å². The lowest BCUT2D eigenvalue weighted by molar-refractivity contribution is 0.102. The molecule has 3 rings (SSSR count). The Kier molecular flexibility index (Phi) is 4.55. The Balaban J connectivity index is 1.73. The zero-order valence-electron chi connectivity index (χ0n) is 13.6. The lowest BCUT2D eigenvalue weighted by atomic mass is 10.0. The smallest absolute Gasteiger partial charge is 0.275 e. The number of anilines is 2. The Hall–Kier alpha value is -2.43. The van der Waals surface area contributed by atoms with E-state index in [2.05, 4.69) is 34.0 Å². The molecular formula is C18H22N4O. The summed E-state index contributed by atoms with van der Waals surface area (Å²) in [5.41, 5.74) is 2.28. The Morgan fingerprint density at radius 3 is 2.52 bits per heavy atom. The molecule has 1 aliphatic heterocycles. The molecule has 0 unspecified atom stereocenters. The van der Waals surface area contributed by atoms with Crippen molar-refractivity contribution >= 4 is 17.4 Å². The van der Waals surface area contributed by atoms with Gasteiger partial charge in [-0.3, -0.25) is 4.79 Å². The number of hydrogen-bond acceptors (Lipinski definition) is 4. The van der Waals surface area contributed by atoms with Gasteiger partial charge in [0.2, 0.25) is 0 Å². The minimum atomic E-state index is -0.224. The highest BCUT2D eigenvalue weighted by molar-refractivity contribution is 6.03. The number of para-hydroxylation sites is 1. The van der Waals surface area contributed by atoms with Crippen LogP contribution in [0.3, 0.4) is 0 Å². The van der Waals surface area contributed by atoms with Crippen LogP contribution in [0.5, 0.6) is 0 Å². The van der Waals surface area contributed by atoms with Crippen molar-refractivity contribution in [1.29, 1.82) is 0 Å². The van der Waals surface area contributed by atoms with E-state index >= 15 is 0 Å². The first-order valence-corrected chi connectivity index (χ1v) is 8.12. The Labute approximate surface area is 136 Å². The molecule has 5 heteroatoms. The first-order chi connectivity index (χ1) is 11.1. The maximum absolute atomic E-state index is 12.4. The molecule has 0 saturated carbocycles. The van der Waals surface area contributed by atoms with Gasteiger partial charge in [-0.25, -0.2) is 9.97 Å². The van der Waals surface area contributed by atoms with E-state index in [0.29, 0.717) is 11.6 Å². The van der Waals surface area contributed by atoms with E-state index in [4.69, 9.17) is 0 Å². The van der Waals surface area contributed by atoms with Crippen LogP contribution >= 0.6 is 0 Å². The molecule has 0 aliphatic carbocycles. The third-order valence-corrected chi connectivity index (χ3v) is 4.13. The standard InChI is InChI=1S/C18H22N4O/c1-13(2)14-7-3-4-8-15(14)21-18(23)16-11-20-17(12-19-16)22-9-5-6-10-22/h3-4,7-8,11-13H,5-6,9-10H2,1-2H3,(H,21,23). The minimum absolute atomic E-state index is 0.224. The molecule has 1 fully saturated rings. The number of aromatic nitrogens is 2. The van der Waals surface area contributed by atoms with E-state index in [0.717, 1.165) is 30.2 Å². The summed E-state index contributed by atoms with van der Waals surface area (Å²) in [5, 5.41) is 2.94. The van der Waals surface area contributed by atoms with Gasteiger partial charge >= 0.3 is 0 Å². The van der Waals surface area contributed by atoms with Gasteiger partial charge in [-0.1, -0.05) is 32.0 Å². The summed E-state index contributed by atoms with van der Waals surface area (Å²) >= 11 is 0. The van der Waals surface area contributed by atoms with Crippen molar-refractivity contribution < 1.29 is 4.79 Å². The van der Waals surface area contributed by atoms with Gasteiger partial charge in [-0.15, -0.1) is 0 Å². The summed E-state index contributed by atoms with van der Waals surface area (Å²) < 4.78 is 0. The largest absolute Gasteiger partial charge is 0.355 e. The molecular weight excluding hydrogens is 288 g/mol. The lowest BCUT2D eigenvalue weighted by Gasteiger charge is -2.16. The number of carbonyl (C=O) groups excluding carboxylic acids is 1. The van der Waals surface area contributed by atoms with Gasteiger partial charge < -0.3 is 10.2 Å². The zero-order chi connectivity index (χ0) is 16.2. The lowest BCUT2D eigenvalue weighted by Crippen LogP contribution is -2.20. The van der Waals surface area contributed by atoms with Gasteiger partial charge in [0.25, 0.3) is 5.91 Å². The molecule has 1 amide bonds. The van der Waals surface area contributed by atoms with Crippen LogP contribution in [0.4, 0.5) is 11.5 Å². The average Bonchev–Trinajstić information content (AvgIpc) is 3.10. The normalized spacial score (nSPS) is 14.3. The summed E-state index contributed by atoms with van der Waals surface area (Å²) in [7, 11) is 0. The van der Waals surface area contributed by atoms with E-state index in [9.17, 15) is 4.79 Å². The summed E-state index contributed by atoms with van der Waals surface area (Å²) in [6, 6.07) is 7.85. The molecule has 1 aliphatic rings. The van der Waals surface area contributed by atoms with Crippen molar-refractivity contribution in [3.05, 3.63) is 47.9 Å². The van der Waals surface area contributed by atoms with Gasteiger partial charge in [0.15, 0.2) is 0 Å². The quantitative estimate of drug-likeness (QED) is 0.939. The van der Waals surface area contributed by atoms with Crippen LogP contribution in [0.1, 0.15) is 48.7 Å². The number of rotatable bonds is 4. The highest BCUT2D eigenvalue weighted by atomic mass is 16.1. The monoisotopic (exact) mass is 310 g/mol. The van der Waals surface area contributed by atoms with Gasteiger partial charge in [-0.2, -0.15) is 0 Å². The molecule has 0 radical (unpaired) electrons. The van der Waals surface area contributed by atoms with Gasteiger partial charge in [0.1, 0.15) is 11.5 Å². The number of carbonyl (C=O) groups is 1. The number of benzene rings is 1. The van der Waals surface area contributed by atoms with E-state index in [1.807, 2.05) is 24.3 Å². The number of amides is 1. The summed E-state index contributed by atoms with van der Waals surface area (Å²) in [5.74, 6) is 0.968. The molecule has 0 atom stereocenters. The molecule has 5 nitrogen and oxygen atoms in total. The average molecular weight is 310 g/mol. The van der Waals surface area contributed by atoms with Crippen molar-refractivity contribution in [2.45, 2.75) is 32.6 Å². The summed E-state index contributed by atoms with van der Waals surface area (Å²) in [6.45, 7) is 6.25. The van der Waals surface area contributed by atoms with Crippen LogP contribution in [0, 0.1) is 0 Å². The maximum atomic E-state index is 12.4. The predicted molar refractivity (Wildman–Crippen MR) is 92.0 cm³/mol. The minimum Gasteiger partial charge on any atom is -0.355 e. The second-order valence-electron chi connectivity index (χ2n) is 6.15. The van der Waals surface area contributed by atoms with Crippen molar-refractivity contribution in [1.82, 2.24) is 9.97 Å². The third kappa shape index (κ3) is 3.50. The second-order valence-corrected chi connectivity index (χ2v) is 6.15. The van der Waals surface area contributed by atoms with E-state index < -0.39 is 0 Å². The maximum Gasteiger partial charge on any atom is 0.275 e. The van der Waals surface area contributed by atoms with Gasteiger partial charge in [0, 0.05) is 18.8 Å². The number of nitrogens with one attached hydrogen (secondary N) is 1. The van der Waals surface area contributed by atoms with Crippen molar-refractivity contribution in [3.8, 4) is 0 Å². The molecule has 120 valence electrons. The Morgan fingerprint density at radius 1 is 1.13 bits per heavy atom. The molecule has 0 bridgehead atoms. The molecule has 1 aromatic heterocycles. The van der Waals surface area contributed by atoms with Crippen LogP contribution in [-0.2, 0) is 0 Å². The van der Waals surface area contributed by atoms with Crippen molar-refractivity contribution in [3.63, 3.8) is 0 Å². The molecule has 0 spiro atoms. The van der Waals surface area contributed by atoms with Gasteiger partial charge in [0.05, 0.1) is 12.4 Å². The zero-order valence-corrected chi connectivity index (χ0v) is 13.6. The van der Waals surface area contributed by atoms with Crippen LogP contribution in [0.2, 0.25) is 0 Å². The first kappa shape index (κ1) is 15.5. The Bertz CT molecular complexity index is 676. The fraction of sp³-hybridized carbons (Fsp3) is 0.389. The fourth-order valence-corrected chi connectivity index (χ4v) is 2.85. The van der Waals surface area contributed by atoms with E-state index in [-0.39, 0.29) is 5.91 Å². The summed E-state index contributed by atoms with van der Waals surface area (Å²) in [4.78, 5) is 23.3. The first-order valence-electron chi connectivity index (χ1n) is 8.12. The van der Waals surface area contributed by atoms with Crippen molar-refractivity contribution in [2.75, 3.05) is 23.3 Å². The molecule has 23 heavy (non-hydrogen) atoms. The fourth-order valence-electron chi connectivity index (χ4n) is 2.85. The highest BCUT2D eigenvalue weighted by Gasteiger charge is 2.16. The van der Waals surface area contributed by atoms with Gasteiger partial charge in [-0.05, 0) is 30.4 Å². The topological polar surface area (TPSA) is 58.1 Å². The second kappa shape index (κ2) is 6.77. The van der Waals surface area contributed by atoms with Crippen LogP contribution < -0.4 is 10.2 Å². The predicted octanol–water partition coefficient (Wildman–Crippen LogP) is 3.45. The number of nitrogens with zero attached hydrogens (tertiary/aromatic N) is 3. The van der Waals surface area contributed by atoms with Crippen molar-refractivity contribution in [2.24, 2.45) is 0 Å². The van der Waals surface area contributed by atoms with Crippen LogP contribution in [0.25, 0.3) is 0 Å². The molecule has 2 heterocycles. The Morgan fingerprint density at radius 2 is 1.87 bits per heavy atom. The highest BCUT2D eigenvalue weighted by Crippen LogP contribution is 2.24. The number of hydrogen-bond donors (Lipinski definition) is 1. The van der Waals surface area contributed by atoms with E-state index in [1.165, 1.54) is 12.8 Å². The van der Waals surface area contributed by atoms with Crippen LogP contribution in [0.15, 0.2) is 36.7 Å². The summed E-state index contributed by atoms with van der Waals surface area (Å²) in [6.07, 6.45) is 5.63. The van der Waals surface area contributed by atoms with Crippen LogP contribution in [-0.4, -0.2) is 29.0 Å². The molecule has 1 aromatic carbocycles. The molecule has 1 saturated heterocycles. The SMILES string of the molecule is CC(C)c1ccccc1NC(=O)c1cnc(N2CCCC2)cn1. The molecule has 1 N–H and O–H groups in total. The third-order valence-electron chi connectivity index (χ3n) is 4.13. The molecule has 2 aromatic rings.